The zero-order valence-corrected chi connectivity index (χ0v) is 10.8. The zero-order valence-electron chi connectivity index (χ0n) is 10.8. The Morgan fingerprint density at radius 2 is 1.89 bits per heavy atom. The summed E-state index contributed by atoms with van der Waals surface area (Å²) >= 11 is 0. The number of benzene rings is 1. The molecule has 1 amide bonds. The van der Waals surface area contributed by atoms with Crippen molar-refractivity contribution in [2.75, 3.05) is 13.1 Å². The van der Waals surface area contributed by atoms with Crippen molar-refractivity contribution in [3.63, 3.8) is 0 Å². The Bertz CT molecular complexity index is 416. The van der Waals surface area contributed by atoms with Crippen molar-refractivity contribution in [1.82, 2.24) is 10.6 Å². The standard InChI is InChI=1S/C13H18F2N2O2/c1-2-4-17-12(18)3-5-16-8-9-6-10(14)13(19)11(15)7-9/h6-7,16,19H,2-5,8H2,1H3,(H,17,18). The maximum absolute atomic E-state index is 13.0. The molecule has 0 heterocycles. The fraction of sp³-hybridized carbons (Fsp3) is 0.462. The first-order valence-corrected chi connectivity index (χ1v) is 6.19. The molecule has 0 saturated carbocycles. The van der Waals surface area contributed by atoms with Gasteiger partial charge in [0.25, 0.3) is 0 Å². The Morgan fingerprint density at radius 3 is 2.47 bits per heavy atom. The minimum absolute atomic E-state index is 0.0579. The molecule has 1 rings (SSSR count). The lowest BCUT2D eigenvalue weighted by molar-refractivity contribution is -0.120. The molecule has 1 aromatic carbocycles. The summed E-state index contributed by atoms with van der Waals surface area (Å²) < 4.78 is 26.1. The smallest absolute Gasteiger partial charge is 0.221 e. The van der Waals surface area contributed by atoms with E-state index in [9.17, 15) is 13.6 Å². The van der Waals surface area contributed by atoms with Crippen LogP contribution in [0, 0.1) is 11.6 Å². The van der Waals surface area contributed by atoms with Crippen molar-refractivity contribution < 1.29 is 18.7 Å². The minimum atomic E-state index is -0.988. The van der Waals surface area contributed by atoms with Crippen LogP contribution in [0.15, 0.2) is 12.1 Å². The highest BCUT2D eigenvalue weighted by atomic mass is 19.1. The van der Waals surface area contributed by atoms with E-state index in [0.29, 0.717) is 25.1 Å². The van der Waals surface area contributed by atoms with E-state index in [1.54, 1.807) is 0 Å². The predicted octanol–water partition coefficient (Wildman–Crippen LogP) is 1.68. The summed E-state index contributed by atoms with van der Waals surface area (Å²) in [6, 6.07) is 2.12. The summed E-state index contributed by atoms with van der Waals surface area (Å²) in [6.45, 7) is 3.26. The minimum Gasteiger partial charge on any atom is -0.503 e. The van der Waals surface area contributed by atoms with Crippen molar-refractivity contribution in [2.45, 2.75) is 26.3 Å². The largest absolute Gasteiger partial charge is 0.503 e. The third-order valence-electron chi connectivity index (χ3n) is 2.51. The number of hydrogen-bond donors (Lipinski definition) is 3. The molecular formula is C13H18F2N2O2. The molecule has 3 N–H and O–H groups in total. The molecule has 0 bridgehead atoms. The maximum Gasteiger partial charge on any atom is 0.221 e. The van der Waals surface area contributed by atoms with Crippen LogP contribution in [0.1, 0.15) is 25.3 Å². The first kappa shape index (κ1) is 15.4. The van der Waals surface area contributed by atoms with Gasteiger partial charge in [0.1, 0.15) is 0 Å². The predicted molar refractivity (Wildman–Crippen MR) is 67.6 cm³/mol. The van der Waals surface area contributed by atoms with E-state index < -0.39 is 17.4 Å². The molecule has 0 radical (unpaired) electrons. The van der Waals surface area contributed by atoms with Crippen molar-refractivity contribution in [3.05, 3.63) is 29.3 Å². The van der Waals surface area contributed by atoms with Crippen LogP contribution in [0.2, 0.25) is 0 Å². The van der Waals surface area contributed by atoms with Gasteiger partial charge in [0.2, 0.25) is 5.91 Å². The van der Waals surface area contributed by atoms with E-state index in [-0.39, 0.29) is 12.5 Å². The molecule has 106 valence electrons. The van der Waals surface area contributed by atoms with Gasteiger partial charge in [-0.3, -0.25) is 4.79 Å². The molecular weight excluding hydrogens is 254 g/mol. The molecule has 0 aliphatic heterocycles. The number of phenolic OH excluding ortho intramolecular Hbond substituents is 1. The van der Waals surface area contributed by atoms with Gasteiger partial charge in [0, 0.05) is 26.1 Å². The second-order valence-corrected chi connectivity index (χ2v) is 4.18. The Kier molecular flexibility index (Phi) is 6.21. The molecule has 1 aromatic rings. The van der Waals surface area contributed by atoms with E-state index in [0.717, 1.165) is 18.6 Å². The second-order valence-electron chi connectivity index (χ2n) is 4.18. The highest BCUT2D eigenvalue weighted by Gasteiger charge is 2.09. The topological polar surface area (TPSA) is 61.4 Å². The Morgan fingerprint density at radius 1 is 1.26 bits per heavy atom. The molecule has 0 spiro atoms. The Labute approximate surface area is 110 Å². The van der Waals surface area contributed by atoms with Gasteiger partial charge >= 0.3 is 0 Å². The monoisotopic (exact) mass is 272 g/mol. The third-order valence-corrected chi connectivity index (χ3v) is 2.51. The van der Waals surface area contributed by atoms with Crippen molar-refractivity contribution in [2.24, 2.45) is 0 Å². The molecule has 0 aliphatic carbocycles. The number of halogens is 2. The number of nitrogens with one attached hydrogen (secondary N) is 2. The van der Waals surface area contributed by atoms with Gasteiger partial charge in [-0.2, -0.15) is 0 Å². The summed E-state index contributed by atoms with van der Waals surface area (Å²) in [7, 11) is 0. The number of carbonyl (C=O) groups is 1. The maximum atomic E-state index is 13.0. The first-order valence-electron chi connectivity index (χ1n) is 6.19. The SMILES string of the molecule is CCCNC(=O)CCNCc1cc(F)c(O)c(F)c1. The van der Waals surface area contributed by atoms with Gasteiger partial charge in [0.15, 0.2) is 17.4 Å². The van der Waals surface area contributed by atoms with Crippen LogP contribution in [-0.4, -0.2) is 24.1 Å². The molecule has 4 nitrogen and oxygen atoms in total. The summed E-state index contributed by atoms with van der Waals surface area (Å²) in [5.74, 6) is -3.00. The van der Waals surface area contributed by atoms with E-state index >= 15 is 0 Å². The molecule has 0 fully saturated rings. The van der Waals surface area contributed by atoms with Crippen LogP contribution in [0.5, 0.6) is 5.75 Å². The fourth-order valence-electron chi connectivity index (χ4n) is 1.51. The van der Waals surface area contributed by atoms with Gasteiger partial charge < -0.3 is 15.7 Å². The van der Waals surface area contributed by atoms with Crippen LogP contribution in [-0.2, 0) is 11.3 Å². The van der Waals surface area contributed by atoms with Gasteiger partial charge in [0.05, 0.1) is 0 Å². The summed E-state index contributed by atoms with van der Waals surface area (Å²) in [5.41, 5.74) is 0.377. The molecule has 0 unspecified atom stereocenters. The average molecular weight is 272 g/mol. The van der Waals surface area contributed by atoms with Crippen molar-refractivity contribution in [1.29, 1.82) is 0 Å². The van der Waals surface area contributed by atoms with Crippen LogP contribution in [0.25, 0.3) is 0 Å². The molecule has 0 atom stereocenters. The summed E-state index contributed by atoms with van der Waals surface area (Å²) in [6.07, 6.45) is 1.19. The Hall–Kier alpha value is -1.69. The van der Waals surface area contributed by atoms with Crippen LogP contribution in [0.4, 0.5) is 8.78 Å². The van der Waals surface area contributed by atoms with E-state index in [1.807, 2.05) is 6.92 Å². The lowest BCUT2D eigenvalue weighted by atomic mass is 10.2. The number of amides is 1. The molecule has 6 heteroatoms. The number of carbonyl (C=O) groups excluding carboxylic acids is 1. The molecule has 0 saturated heterocycles. The normalized spacial score (nSPS) is 10.5. The highest BCUT2D eigenvalue weighted by Crippen LogP contribution is 2.21. The van der Waals surface area contributed by atoms with E-state index in [1.165, 1.54) is 0 Å². The number of rotatable bonds is 7. The molecule has 0 aliphatic rings. The zero-order chi connectivity index (χ0) is 14.3. The van der Waals surface area contributed by atoms with Crippen molar-refractivity contribution in [3.8, 4) is 5.75 Å². The van der Waals surface area contributed by atoms with E-state index in [2.05, 4.69) is 10.6 Å². The van der Waals surface area contributed by atoms with Crippen LogP contribution >= 0.6 is 0 Å². The van der Waals surface area contributed by atoms with Gasteiger partial charge in [-0.05, 0) is 24.1 Å². The number of aromatic hydroxyl groups is 1. The van der Waals surface area contributed by atoms with Crippen LogP contribution < -0.4 is 10.6 Å². The summed E-state index contributed by atoms with van der Waals surface area (Å²) in [4.78, 5) is 11.3. The van der Waals surface area contributed by atoms with Crippen LogP contribution in [0.3, 0.4) is 0 Å². The summed E-state index contributed by atoms with van der Waals surface area (Å²) in [5, 5.41) is 14.6. The Balaban J connectivity index is 2.32. The number of hydrogen-bond acceptors (Lipinski definition) is 3. The second kappa shape index (κ2) is 7.68. The fourth-order valence-corrected chi connectivity index (χ4v) is 1.51. The van der Waals surface area contributed by atoms with Gasteiger partial charge in [-0.1, -0.05) is 6.92 Å². The molecule has 19 heavy (non-hydrogen) atoms. The van der Waals surface area contributed by atoms with Crippen molar-refractivity contribution >= 4 is 5.91 Å². The van der Waals surface area contributed by atoms with E-state index in [4.69, 9.17) is 5.11 Å². The highest BCUT2D eigenvalue weighted by molar-refractivity contribution is 5.75. The first-order chi connectivity index (χ1) is 9.04. The molecule has 0 aromatic heterocycles. The quantitative estimate of drug-likeness (QED) is 0.662. The third kappa shape index (κ3) is 5.21. The lowest BCUT2D eigenvalue weighted by Gasteiger charge is -2.07. The van der Waals surface area contributed by atoms with Gasteiger partial charge in [-0.25, -0.2) is 8.78 Å². The van der Waals surface area contributed by atoms with Gasteiger partial charge in [-0.15, -0.1) is 0 Å². The average Bonchev–Trinajstić information content (AvgIpc) is 2.38. The lowest BCUT2D eigenvalue weighted by Crippen LogP contribution is -2.28. The number of phenols is 1.